The van der Waals surface area contributed by atoms with Gasteiger partial charge in [-0.15, -0.1) is 0 Å². The summed E-state index contributed by atoms with van der Waals surface area (Å²) in [4.78, 5) is 0. The van der Waals surface area contributed by atoms with Gasteiger partial charge < -0.3 is 4.74 Å². The first-order chi connectivity index (χ1) is 8.81. The van der Waals surface area contributed by atoms with E-state index < -0.39 is 0 Å². The summed E-state index contributed by atoms with van der Waals surface area (Å²) in [6.07, 6.45) is 0. The fourth-order valence-electron chi connectivity index (χ4n) is 1.68. The van der Waals surface area contributed by atoms with Crippen LogP contribution in [-0.2, 0) is 0 Å². The number of benzene rings is 2. The van der Waals surface area contributed by atoms with E-state index in [9.17, 15) is 4.39 Å². The highest BCUT2D eigenvalue weighted by molar-refractivity contribution is 5.23. The van der Waals surface area contributed by atoms with Crippen molar-refractivity contribution in [3.8, 4) is 5.75 Å². The van der Waals surface area contributed by atoms with Crippen LogP contribution in [0.5, 0.6) is 5.75 Å². The van der Waals surface area contributed by atoms with E-state index in [-0.39, 0.29) is 18.5 Å². The molecule has 3 nitrogen and oxygen atoms in total. The molecular formula is C14H15FN2O. The highest BCUT2D eigenvalue weighted by Gasteiger charge is 2.14. The topological polar surface area (TPSA) is 47.3 Å². The molecule has 0 amide bonds. The molecule has 0 aliphatic rings. The third kappa shape index (κ3) is 3.06. The summed E-state index contributed by atoms with van der Waals surface area (Å²) in [5, 5.41) is 0. The van der Waals surface area contributed by atoms with Gasteiger partial charge in [-0.05, 0) is 18.2 Å². The lowest BCUT2D eigenvalue weighted by Crippen LogP contribution is -2.32. The maximum absolute atomic E-state index is 13.6. The Bertz CT molecular complexity index is 490. The lowest BCUT2D eigenvalue weighted by atomic mass is 10.1. The van der Waals surface area contributed by atoms with Gasteiger partial charge in [0.15, 0.2) is 0 Å². The molecule has 1 atom stereocenters. The summed E-state index contributed by atoms with van der Waals surface area (Å²) in [5.41, 5.74) is 3.06. The van der Waals surface area contributed by atoms with Crippen molar-refractivity contribution in [3.05, 3.63) is 66.0 Å². The predicted molar refractivity (Wildman–Crippen MR) is 68.4 cm³/mol. The summed E-state index contributed by atoms with van der Waals surface area (Å²) in [7, 11) is 0. The molecule has 0 aliphatic heterocycles. The number of nitrogens with two attached hydrogens (primary N) is 1. The molecule has 0 saturated heterocycles. The second-order valence-electron chi connectivity index (χ2n) is 3.86. The molecule has 2 rings (SSSR count). The Balaban J connectivity index is 2.04. The number of halogens is 1. The first-order valence-corrected chi connectivity index (χ1v) is 5.69. The van der Waals surface area contributed by atoms with Crippen LogP contribution >= 0.6 is 0 Å². The van der Waals surface area contributed by atoms with Crippen molar-refractivity contribution >= 4 is 0 Å². The standard InChI is InChI=1S/C14H15FN2O/c15-13-9-5-4-8-12(13)14(17-16)10-18-11-6-2-1-3-7-11/h1-9,14,17H,10,16H2. The van der Waals surface area contributed by atoms with Gasteiger partial charge in [0.05, 0.1) is 6.04 Å². The van der Waals surface area contributed by atoms with Crippen LogP contribution < -0.4 is 16.0 Å². The van der Waals surface area contributed by atoms with Crippen molar-refractivity contribution in [2.24, 2.45) is 5.84 Å². The van der Waals surface area contributed by atoms with E-state index in [0.29, 0.717) is 5.56 Å². The Morgan fingerprint density at radius 2 is 1.72 bits per heavy atom. The molecule has 94 valence electrons. The molecule has 0 radical (unpaired) electrons. The lowest BCUT2D eigenvalue weighted by molar-refractivity contribution is 0.264. The molecule has 0 bridgehead atoms. The minimum absolute atomic E-state index is 0.265. The average Bonchev–Trinajstić information content (AvgIpc) is 2.42. The van der Waals surface area contributed by atoms with Crippen LogP contribution in [0.4, 0.5) is 4.39 Å². The van der Waals surface area contributed by atoms with Gasteiger partial charge >= 0.3 is 0 Å². The van der Waals surface area contributed by atoms with Gasteiger partial charge in [-0.1, -0.05) is 36.4 Å². The Hall–Kier alpha value is -1.91. The van der Waals surface area contributed by atoms with E-state index in [0.717, 1.165) is 5.75 Å². The SMILES string of the molecule is NNC(COc1ccccc1)c1ccccc1F. The quantitative estimate of drug-likeness (QED) is 0.629. The zero-order valence-electron chi connectivity index (χ0n) is 9.84. The first kappa shape index (κ1) is 12.5. The Labute approximate surface area is 105 Å². The van der Waals surface area contributed by atoms with Crippen LogP contribution in [0.1, 0.15) is 11.6 Å². The number of ether oxygens (including phenoxy) is 1. The molecule has 3 N–H and O–H groups in total. The molecule has 0 aliphatic carbocycles. The Kier molecular flexibility index (Phi) is 4.28. The molecule has 0 spiro atoms. The second kappa shape index (κ2) is 6.14. The van der Waals surface area contributed by atoms with Gasteiger partial charge in [-0.3, -0.25) is 5.84 Å². The Morgan fingerprint density at radius 3 is 2.39 bits per heavy atom. The summed E-state index contributed by atoms with van der Waals surface area (Å²) < 4.78 is 19.2. The van der Waals surface area contributed by atoms with Crippen LogP contribution in [0.2, 0.25) is 0 Å². The fraction of sp³-hybridized carbons (Fsp3) is 0.143. The predicted octanol–water partition coefficient (Wildman–Crippen LogP) is 2.41. The summed E-state index contributed by atoms with van der Waals surface area (Å²) in [6, 6.07) is 15.5. The van der Waals surface area contributed by atoms with Crippen molar-refractivity contribution in [2.75, 3.05) is 6.61 Å². The fourth-order valence-corrected chi connectivity index (χ4v) is 1.68. The zero-order valence-corrected chi connectivity index (χ0v) is 9.84. The van der Waals surface area contributed by atoms with E-state index in [4.69, 9.17) is 10.6 Å². The largest absolute Gasteiger partial charge is 0.492 e. The minimum Gasteiger partial charge on any atom is -0.492 e. The van der Waals surface area contributed by atoms with E-state index >= 15 is 0 Å². The molecule has 0 fully saturated rings. The van der Waals surface area contributed by atoms with Crippen molar-refractivity contribution in [3.63, 3.8) is 0 Å². The van der Waals surface area contributed by atoms with Crippen molar-refractivity contribution in [2.45, 2.75) is 6.04 Å². The molecule has 0 saturated carbocycles. The van der Waals surface area contributed by atoms with E-state index in [1.165, 1.54) is 6.07 Å². The Morgan fingerprint density at radius 1 is 1.06 bits per heavy atom. The van der Waals surface area contributed by atoms with Gasteiger partial charge in [0.25, 0.3) is 0 Å². The smallest absolute Gasteiger partial charge is 0.128 e. The molecule has 2 aromatic carbocycles. The minimum atomic E-state index is -0.383. The maximum atomic E-state index is 13.6. The maximum Gasteiger partial charge on any atom is 0.128 e. The van der Waals surface area contributed by atoms with Crippen molar-refractivity contribution in [1.82, 2.24) is 5.43 Å². The van der Waals surface area contributed by atoms with Gasteiger partial charge in [0, 0.05) is 5.56 Å². The van der Waals surface area contributed by atoms with E-state index in [2.05, 4.69) is 5.43 Å². The number of rotatable bonds is 5. The van der Waals surface area contributed by atoms with Crippen LogP contribution in [0.15, 0.2) is 54.6 Å². The first-order valence-electron chi connectivity index (χ1n) is 5.69. The van der Waals surface area contributed by atoms with Crippen molar-refractivity contribution in [1.29, 1.82) is 0 Å². The second-order valence-corrected chi connectivity index (χ2v) is 3.86. The van der Waals surface area contributed by atoms with E-state index in [1.807, 2.05) is 30.3 Å². The zero-order chi connectivity index (χ0) is 12.8. The lowest BCUT2D eigenvalue weighted by Gasteiger charge is -2.17. The number of para-hydroxylation sites is 1. The molecular weight excluding hydrogens is 231 g/mol. The van der Waals surface area contributed by atoms with Gasteiger partial charge in [-0.25, -0.2) is 9.82 Å². The van der Waals surface area contributed by atoms with Gasteiger partial charge in [0.1, 0.15) is 18.2 Å². The van der Waals surface area contributed by atoms with Crippen LogP contribution in [0.25, 0.3) is 0 Å². The number of hydrogen-bond acceptors (Lipinski definition) is 3. The summed E-state index contributed by atoms with van der Waals surface area (Å²) in [6.45, 7) is 0.265. The number of hydrogen-bond donors (Lipinski definition) is 2. The highest BCUT2D eigenvalue weighted by Crippen LogP contribution is 2.18. The van der Waals surface area contributed by atoms with E-state index in [1.54, 1.807) is 18.2 Å². The van der Waals surface area contributed by atoms with Gasteiger partial charge in [-0.2, -0.15) is 0 Å². The summed E-state index contributed by atoms with van der Waals surface area (Å²) in [5.74, 6) is 5.88. The average molecular weight is 246 g/mol. The number of hydrazine groups is 1. The monoisotopic (exact) mass is 246 g/mol. The molecule has 2 aromatic rings. The summed E-state index contributed by atoms with van der Waals surface area (Å²) >= 11 is 0. The normalized spacial score (nSPS) is 12.1. The molecule has 18 heavy (non-hydrogen) atoms. The molecule has 4 heteroatoms. The van der Waals surface area contributed by atoms with Crippen molar-refractivity contribution < 1.29 is 9.13 Å². The van der Waals surface area contributed by atoms with Crippen LogP contribution in [0, 0.1) is 5.82 Å². The third-order valence-electron chi connectivity index (χ3n) is 2.64. The molecule has 0 heterocycles. The van der Waals surface area contributed by atoms with Crippen LogP contribution in [-0.4, -0.2) is 6.61 Å². The third-order valence-corrected chi connectivity index (χ3v) is 2.64. The molecule has 1 unspecified atom stereocenters. The number of nitrogens with one attached hydrogen (secondary N) is 1. The highest BCUT2D eigenvalue weighted by atomic mass is 19.1. The van der Waals surface area contributed by atoms with Gasteiger partial charge in [0.2, 0.25) is 0 Å². The molecule has 0 aromatic heterocycles. The van der Waals surface area contributed by atoms with Crippen LogP contribution in [0.3, 0.4) is 0 Å².